The van der Waals surface area contributed by atoms with Gasteiger partial charge in [-0.3, -0.25) is 0 Å². The summed E-state index contributed by atoms with van der Waals surface area (Å²) in [6, 6.07) is 5.06. The molecule has 0 aliphatic heterocycles. The Labute approximate surface area is 117 Å². The highest BCUT2D eigenvalue weighted by atomic mass is 127. The highest BCUT2D eigenvalue weighted by Gasteiger charge is 2.14. The van der Waals surface area contributed by atoms with Crippen LogP contribution in [-0.2, 0) is 4.74 Å². The SMILES string of the molecule is COC(=O)c1cccc(I)c1N=C(N)N=C(N)N. The first-order chi connectivity index (χ1) is 8.45. The van der Waals surface area contributed by atoms with Gasteiger partial charge in [0.25, 0.3) is 0 Å². The number of carbonyl (C=O) groups is 1. The first-order valence-electron chi connectivity index (χ1n) is 4.76. The van der Waals surface area contributed by atoms with Gasteiger partial charge in [-0.05, 0) is 34.7 Å². The number of ether oxygens (including phenoxy) is 1. The van der Waals surface area contributed by atoms with E-state index in [-0.39, 0.29) is 17.5 Å². The first kappa shape index (κ1) is 14.2. The predicted molar refractivity (Wildman–Crippen MR) is 77.6 cm³/mol. The Hall–Kier alpha value is -1.84. The van der Waals surface area contributed by atoms with Gasteiger partial charge >= 0.3 is 5.97 Å². The van der Waals surface area contributed by atoms with Gasteiger partial charge in [-0.1, -0.05) is 6.07 Å². The number of rotatable bonds is 2. The number of carbonyl (C=O) groups excluding carboxylic acids is 1. The second-order valence-corrected chi connectivity index (χ2v) is 4.30. The topological polar surface area (TPSA) is 129 Å². The smallest absolute Gasteiger partial charge is 0.340 e. The van der Waals surface area contributed by atoms with Crippen LogP contribution in [0.5, 0.6) is 0 Å². The summed E-state index contributed by atoms with van der Waals surface area (Å²) < 4.78 is 5.38. The number of hydrogen-bond donors (Lipinski definition) is 3. The number of nitrogens with zero attached hydrogens (tertiary/aromatic N) is 2. The van der Waals surface area contributed by atoms with Gasteiger partial charge in [-0.25, -0.2) is 9.79 Å². The highest BCUT2D eigenvalue weighted by molar-refractivity contribution is 14.1. The van der Waals surface area contributed by atoms with Crippen LogP contribution in [0.2, 0.25) is 0 Å². The van der Waals surface area contributed by atoms with Crippen LogP contribution in [0.1, 0.15) is 10.4 Å². The zero-order valence-corrected chi connectivity index (χ0v) is 11.7. The van der Waals surface area contributed by atoms with Crippen LogP contribution in [0, 0.1) is 3.57 Å². The van der Waals surface area contributed by atoms with Crippen molar-refractivity contribution >= 4 is 46.2 Å². The van der Waals surface area contributed by atoms with Crippen LogP contribution in [-0.4, -0.2) is 25.0 Å². The summed E-state index contributed by atoms with van der Waals surface area (Å²) in [6.07, 6.45) is 0. The van der Waals surface area contributed by atoms with Crippen molar-refractivity contribution in [3.05, 3.63) is 27.3 Å². The predicted octanol–water partition coefficient (Wildman–Crippen LogP) is 0.297. The van der Waals surface area contributed by atoms with Crippen molar-refractivity contribution in [1.29, 1.82) is 0 Å². The minimum atomic E-state index is -0.509. The lowest BCUT2D eigenvalue weighted by Gasteiger charge is -2.05. The minimum Gasteiger partial charge on any atom is -0.465 e. The molecule has 0 unspecified atom stereocenters. The Morgan fingerprint density at radius 3 is 2.56 bits per heavy atom. The zero-order chi connectivity index (χ0) is 13.7. The zero-order valence-electron chi connectivity index (χ0n) is 9.55. The van der Waals surface area contributed by atoms with Gasteiger partial charge < -0.3 is 21.9 Å². The minimum absolute atomic E-state index is 0.135. The molecule has 0 aliphatic carbocycles. The summed E-state index contributed by atoms with van der Waals surface area (Å²) in [6.45, 7) is 0. The van der Waals surface area contributed by atoms with Crippen molar-refractivity contribution in [2.24, 2.45) is 27.2 Å². The summed E-state index contributed by atoms with van der Waals surface area (Å²) in [5.74, 6) is -0.851. The molecule has 0 amide bonds. The number of hydrogen-bond acceptors (Lipinski definition) is 3. The number of benzene rings is 1. The first-order valence-corrected chi connectivity index (χ1v) is 5.84. The van der Waals surface area contributed by atoms with Gasteiger partial charge in [0.2, 0.25) is 5.96 Å². The molecule has 1 aromatic rings. The van der Waals surface area contributed by atoms with Gasteiger partial charge in [-0.15, -0.1) is 0 Å². The molecule has 0 saturated heterocycles. The molecule has 0 aromatic heterocycles. The van der Waals surface area contributed by atoms with Crippen molar-refractivity contribution in [2.75, 3.05) is 7.11 Å². The van der Waals surface area contributed by atoms with Crippen LogP contribution in [0.4, 0.5) is 5.69 Å². The lowest BCUT2D eigenvalue weighted by atomic mass is 10.2. The summed E-state index contributed by atoms with van der Waals surface area (Å²) in [5.41, 5.74) is 16.6. The molecule has 6 N–H and O–H groups in total. The van der Waals surface area contributed by atoms with E-state index in [4.69, 9.17) is 17.2 Å². The van der Waals surface area contributed by atoms with E-state index in [9.17, 15) is 4.79 Å². The van der Waals surface area contributed by atoms with Gasteiger partial charge in [0.05, 0.1) is 18.4 Å². The fraction of sp³-hybridized carbons (Fsp3) is 0.100. The molecule has 0 aliphatic rings. The number of esters is 1. The van der Waals surface area contributed by atoms with E-state index < -0.39 is 5.97 Å². The number of aliphatic imine (C=N–C) groups is 2. The van der Waals surface area contributed by atoms with Gasteiger partial charge in [0, 0.05) is 3.57 Å². The molecule has 0 radical (unpaired) electrons. The third kappa shape index (κ3) is 3.58. The third-order valence-corrected chi connectivity index (χ3v) is 2.73. The standard InChI is InChI=1S/C10H12IN5O2/c1-18-8(17)5-3-2-4-6(11)7(5)15-10(14)16-9(12)13/h2-4H,1H3,(H6,12,13,14,15,16). The molecule has 0 fully saturated rings. The van der Waals surface area contributed by atoms with E-state index in [2.05, 4.69) is 14.7 Å². The normalized spacial score (nSPS) is 10.9. The molecular formula is C10H12IN5O2. The van der Waals surface area contributed by atoms with Crippen LogP contribution in [0.25, 0.3) is 0 Å². The molecule has 1 rings (SSSR count). The summed E-state index contributed by atoms with van der Waals surface area (Å²) in [7, 11) is 1.29. The number of nitrogens with two attached hydrogens (primary N) is 3. The van der Waals surface area contributed by atoms with Crippen LogP contribution in [0.15, 0.2) is 28.2 Å². The molecule has 18 heavy (non-hydrogen) atoms. The van der Waals surface area contributed by atoms with Crippen molar-refractivity contribution in [1.82, 2.24) is 0 Å². The summed E-state index contributed by atoms with van der Waals surface area (Å²) in [5, 5.41) is 0. The quantitative estimate of drug-likeness (QED) is 0.302. The lowest BCUT2D eigenvalue weighted by molar-refractivity contribution is 0.0601. The van der Waals surface area contributed by atoms with E-state index in [1.54, 1.807) is 18.2 Å². The Bertz CT molecular complexity index is 523. The largest absolute Gasteiger partial charge is 0.465 e. The Balaban J connectivity index is 3.31. The Kier molecular flexibility index (Phi) is 4.89. The fourth-order valence-electron chi connectivity index (χ4n) is 1.18. The third-order valence-electron chi connectivity index (χ3n) is 1.86. The number of para-hydroxylation sites is 1. The Morgan fingerprint density at radius 2 is 2.00 bits per heavy atom. The summed E-state index contributed by atoms with van der Waals surface area (Å²) >= 11 is 2.02. The van der Waals surface area contributed by atoms with E-state index in [1.807, 2.05) is 22.6 Å². The van der Waals surface area contributed by atoms with E-state index in [0.717, 1.165) is 3.57 Å². The second kappa shape index (κ2) is 6.19. The van der Waals surface area contributed by atoms with Crippen LogP contribution < -0.4 is 17.2 Å². The maximum atomic E-state index is 11.6. The molecule has 0 bridgehead atoms. The molecule has 7 nitrogen and oxygen atoms in total. The molecule has 0 heterocycles. The second-order valence-electron chi connectivity index (χ2n) is 3.13. The average molecular weight is 361 g/mol. The van der Waals surface area contributed by atoms with Crippen molar-refractivity contribution in [3.8, 4) is 0 Å². The maximum Gasteiger partial charge on any atom is 0.340 e. The van der Waals surface area contributed by atoms with Crippen LogP contribution in [0.3, 0.4) is 0 Å². The molecule has 0 saturated carbocycles. The fourth-order valence-corrected chi connectivity index (χ4v) is 1.79. The molecule has 96 valence electrons. The molecular weight excluding hydrogens is 349 g/mol. The van der Waals surface area contributed by atoms with Crippen molar-refractivity contribution in [3.63, 3.8) is 0 Å². The highest BCUT2D eigenvalue weighted by Crippen LogP contribution is 2.26. The molecule has 0 spiro atoms. The number of halogens is 1. The van der Waals surface area contributed by atoms with E-state index in [1.165, 1.54) is 7.11 Å². The van der Waals surface area contributed by atoms with Gasteiger partial charge in [-0.2, -0.15) is 4.99 Å². The summed E-state index contributed by atoms with van der Waals surface area (Å²) in [4.78, 5) is 19.2. The maximum absolute atomic E-state index is 11.6. The average Bonchev–Trinajstić information content (AvgIpc) is 2.29. The number of methoxy groups -OCH3 is 1. The Morgan fingerprint density at radius 1 is 1.33 bits per heavy atom. The van der Waals surface area contributed by atoms with E-state index >= 15 is 0 Å². The molecule has 1 aromatic carbocycles. The molecule has 0 atom stereocenters. The van der Waals surface area contributed by atoms with Gasteiger partial charge in [0.15, 0.2) is 5.96 Å². The molecule has 8 heteroatoms. The lowest BCUT2D eigenvalue weighted by Crippen LogP contribution is -2.26. The van der Waals surface area contributed by atoms with Crippen molar-refractivity contribution in [2.45, 2.75) is 0 Å². The van der Waals surface area contributed by atoms with E-state index in [0.29, 0.717) is 5.69 Å². The monoisotopic (exact) mass is 361 g/mol. The number of guanidine groups is 2. The van der Waals surface area contributed by atoms with Crippen LogP contribution >= 0.6 is 22.6 Å². The van der Waals surface area contributed by atoms with Gasteiger partial charge in [0.1, 0.15) is 0 Å². The van der Waals surface area contributed by atoms with Crippen molar-refractivity contribution < 1.29 is 9.53 Å².